The number of aliphatic hydroxyl groups excluding tert-OH is 1. The SMILES string of the molecule is Cc1cc(C(C)(C)C)ccc1Oc1ccccc1[C@H](C)O. The smallest absolute Gasteiger partial charge is 0.133 e. The van der Waals surface area contributed by atoms with E-state index in [2.05, 4.69) is 39.8 Å². The molecule has 112 valence electrons. The number of aryl methyl sites for hydroxylation is 1. The van der Waals surface area contributed by atoms with Crippen LogP contribution in [0.15, 0.2) is 42.5 Å². The van der Waals surface area contributed by atoms with Crippen LogP contribution < -0.4 is 4.74 Å². The van der Waals surface area contributed by atoms with E-state index < -0.39 is 6.10 Å². The van der Waals surface area contributed by atoms with E-state index in [9.17, 15) is 5.11 Å². The Morgan fingerprint density at radius 1 is 1.00 bits per heavy atom. The first-order chi connectivity index (χ1) is 9.79. The van der Waals surface area contributed by atoms with Gasteiger partial charge in [0.05, 0.1) is 6.10 Å². The number of para-hydroxylation sites is 1. The molecule has 21 heavy (non-hydrogen) atoms. The van der Waals surface area contributed by atoms with E-state index in [1.54, 1.807) is 6.92 Å². The van der Waals surface area contributed by atoms with Crippen LogP contribution in [0, 0.1) is 6.92 Å². The minimum Gasteiger partial charge on any atom is -0.457 e. The third-order valence-electron chi connectivity index (χ3n) is 3.63. The van der Waals surface area contributed by atoms with Crippen LogP contribution in [0.3, 0.4) is 0 Å². The lowest BCUT2D eigenvalue weighted by Gasteiger charge is -2.21. The average molecular weight is 284 g/mol. The lowest BCUT2D eigenvalue weighted by Crippen LogP contribution is -2.11. The molecule has 0 amide bonds. The van der Waals surface area contributed by atoms with Crippen molar-refractivity contribution in [1.29, 1.82) is 0 Å². The normalized spacial score (nSPS) is 13.0. The van der Waals surface area contributed by atoms with Gasteiger partial charge in [0, 0.05) is 5.56 Å². The average Bonchev–Trinajstić information content (AvgIpc) is 2.40. The van der Waals surface area contributed by atoms with E-state index in [4.69, 9.17) is 4.74 Å². The highest BCUT2D eigenvalue weighted by Crippen LogP contribution is 2.33. The maximum Gasteiger partial charge on any atom is 0.133 e. The molecule has 0 radical (unpaired) electrons. The van der Waals surface area contributed by atoms with E-state index in [-0.39, 0.29) is 5.41 Å². The summed E-state index contributed by atoms with van der Waals surface area (Å²) in [7, 11) is 0. The Kier molecular flexibility index (Phi) is 4.38. The van der Waals surface area contributed by atoms with Gasteiger partial charge in [-0.1, -0.05) is 51.1 Å². The maximum absolute atomic E-state index is 9.82. The Balaban J connectivity index is 2.33. The molecule has 0 aliphatic carbocycles. The minimum atomic E-state index is -0.546. The molecular weight excluding hydrogens is 260 g/mol. The summed E-state index contributed by atoms with van der Waals surface area (Å²) in [6.45, 7) is 10.4. The van der Waals surface area contributed by atoms with E-state index in [0.717, 1.165) is 16.9 Å². The molecule has 0 saturated carbocycles. The summed E-state index contributed by atoms with van der Waals surface area (Å²) in [4.78, 5) is 0. The molecule has 0 bridgehead atoms. The summed E-state index contributed by atoms with van der Waals surface area (Å²) in [6.07, 6.45) is -0.546. The van der Waals surface area contributed by atoms with Crippen molar-refractivity contribution >= 4 is 0 Å². The third kappa shape index (κ3) is 3.64. The predicted molar refractivity (Wildman–Crippen MR) is 87.0 cm³/mol. The van der Waals surface area contributed by atoms with Crippen molar-refractivity contribution in [2.75, 3.05) is 0 Å². The van der Waals surface area contributed by atoms with Crippen LogP contribution >= 0.6 is 0 Å². The van der Waals surface area contributed by atoms with E-state index >= 15 is 0 Å². The van der Waals surface area contributed by atoms with Crippen molar-refractivity contribution in [2.24, 2.45) is 0 Å². The van der Waals surface area contributed by atoms with Gasteiger partial charge in [0.2, 0.25) is 0 Å². The molecule has 0 spiro atoms. The molecule has 2 aromatic rings. The molecule has 2 heteroatoms. The van der Waals surface area contributed by atoms with Gasteiger partial charge in [-0.25, -0.2) is 0 Å². The number of aliphatic hydroxyl groups is 1. The van der Waals surface area contributed by atoms with Crippen LogP contribution in [0.4, 0.5) is 0 Å². The number of rotatable bonds is 3. The largest absolute Gasteiger partial charge is 0.457 e. The fourth-order valence-corrected chi connectivity index (χ4v) is 2.27. The van der Waals surface area contributed by atoms with E-state index in [0.29, 0.717) is 5.75 Å². The Bertz CT molecular complexity index is 622. The molecule has 2 aromatic carbocycles. The number of hydrogen-bond donors (Lipinski definition) is 1. The monoisotopic (exact) mass is 284 g/mol. The summed E-state index contributed by atoms with van der Waals surface area (Å²) in [5.74, 6) is 1.54. The Hall–Kier alpha value is -1.80. The molecule has 2 nitrogen and oxygen atoms in total. The molecule has 0 heterocycles. The molecule has 0 aliphatic rings. The van der Waals surface area contributed by atoms with Gasteiger partial charge in [-0.05, 0) is 42.5 Å². The summed E-state index contributed by atoms with van der Waals surface area (Å²) in [5.41, 5.74) is 3.32. The van der Waals surface area contributed by atoms with Crippen LogP contribution in [0.2, 0.25) is 0 Å². The number of hydrogen-bond acceptors (Lipinski definition) is 2. The van der Waals surface area contributed by atoms with Crippen LogP contribution in [0.5, 0.6) is 11.5 Å². The van der Waals surface area contributed by atoms with Crippen LogP contribution in [0.25, 0.3) is 0 Å². The van der Waals surface area contributed by atoms with Crippen LogP contribution in [-0.4, -0.2) is 5.11 Å². The van der Waals surface area contributed by atoms with E-state index in [1.165, 1.54) is 5.56 Å². The highest BCUT2D eigenvalue weighted by atomic mass is 16.5. The molecule has 0 aliphatic heterocycles. The first-order valence-electron chi connectivity index (χ1n) is 7.35. The first-order valence-corrected chi connectivity index (χ1v) is 7.35. The second-order valence-corrected chi connectivity index (χ2v) is 6.55. The topological polar surface area (TPSA) is 29.5 Å². The molecule has 0 aromatic heterocycles. The van der Waals surface area contributed by atoms with Gasteiger partial charge in [0.25, 0.3) is 0 Å². The van der Waals surface area contributed by atoms with Gasteiger partial charge in [-0.3, -0.25) is 0 Å². The Labute approximate surface area is 127 Å². The molecule has 1 atom stereocenters. The number of benzene rings is 2. The fourth-order valence-electron chi connectivity index (χ4n) is 2.27. The van der Waals surface area contributed by atoms with Gasteiger partial charge in [-0.2, -0.15) is 0 Å². The third-order valence-corrected chi connectivity index (χ3v) is 3.63. The second-order valence-electron chi connectivity index (χ2n) is 6.55. The fraction of sp³-hybridized carbons (Fsp3) is 0.368. The molecular formula is C19H24O2. The maximum atomic E-state index is 9.82. The van der Waals surface area contributed by atoms with Crippen molar-refractivity contribution in [1.82, 2.24) is 0 Å². The highest BCUT2D eigenvalue weighted by molar-refractivity contribution is 5.44. The van der Waals surface area contributed by atoms with Gasteiger partial charge in [0.1, 0.15) is 11.5 Å². The van der Waals surface area contributed by atoms with E-state index in [1.807, 2.05) is 30.3 Å². The lowest BCUT2D eigenvalue weighted by atomic mass is 9.86. The zero-order valence-electron chi connectivity index (χ0n) is 13.5. The Morgan fingerprint density at radius 2 is 1.67 bits per heavy atom. The molecule has 2 rings (SSSR count). The predicted octanol–water partition coefficient (Wildman–Crippen LogP) is 5.14. The van der Waals surface area contributed by atoms with Gasteiger partial charge < -0.3 is 9.84 Å². The van der Waals surface area contributed by atoms with Crippen LogP contribution in [-0.2, 0) is 5.41 Å². The first kappa shape index (κ1) is 15.6. The standard InChI is InChI=1S/C19H24O2/c1-13-12-15(19(3,4)5)10-11-17(13)21-18-9-7-6-8-16(18)14(2)20/h6-12,14,20H,1-5H3/t14-/m0/s1. The molecule has 0 fully saturated rings. The molecule has 0 unspecified atom stereocenters. The summed E-state index contributed by atoms with van der Waals surface area (Å²) in [6, 6.07) is 13.9. The van der Waals surface area contributed by atoms with Crippen molar-refractivity contribution < 1.29 is 9.84 Å². The highest BCUT2D eigenvalue weighted by Gasteiger charge is 2.16. The zero-order chi connectivity index (χ0) is 15.6. The van der Waals surface area contributed by atoms with Gasteiger partial charge >= 0.3 is 0 Å². The lowest BCUT2D eigenvalue weighted by molar-refractivity contribution is 0.195. The summed E-state index contributed by atoms with van der Waals surface area (Å²) < 4.78 is 6.01. The van der Waals surface area contributed by atoms with Crippen LogP contribution in [0.1, 0.15) is 50.5 Å². The van der Waals surface area contributed by atoms with Crippen molar-refractivity contribution in [3.8, 4) is 11.5 Å². The van der Waals surface area contributed by atoms with Gasteiger partial charge in [-0.15, -0.1) is 0 Å². The Morgan fingerprint density at radius 3 is 2.24 bits per heavy atom. The summed E-state index contributed by atoms with van der Waals surface area (Å²) >= 11 is 0. The van der Waals surface area contributed by atoms with Gasteiger partial charge in [0.15, 0.2) is 0 Å². The van der Waals surface area contributed by atoms with Crippen molar-refractivity contribution in [3.05, 3.63) is 59.2 Å². The minimum absolute atomic E-state index is 0.126. The summed E-state index contributed by atoms with van der Waals surface area (Å²) in [5, 5.41) is 9.82. The number of ether oxygens (including phenoxy) is 1. The van der Waals surface area contributed by atoms with Crippen molar-refractivity contribution in [2.45, 2.75) is 46.1 Å². The molecule has 1 N–H and O–H groups in total. The quantitative estimate of drug-likeness (QED) is 0.845. The zero-order valence-corrected chi connectivity index (χ0v) is 13.5. The molecule has 0 saturated heterocycles. The second kappa shape index (κ2) is 5.90. The van der Waals surface area contributed by atoms with Crippen molar-refractivity contribution in [3.63, 3.8) is 0 Å².